The molecule has 0 aliphatic heterocycles. The van der Waals surface area contributed by atoms with E-state index in [9.17, 15) is 13.2 Å². The van der Waals surface area contributed by atoms with E-state index in [4.69, 9.17) is 20.6 Å². The molecule has 11 heteroatoms. The number of nitrogen functional groups attached to an aromatic ring is 1. The van der Waals surface area contributed by atoms with Crippen LogP contribution in [0.3, 0.4) is 0 Å². The SMILES string of the molecule is CCOC(=O)CN(c1ccc2c(c1)nc(COc1ccc(C(=N)N)cc1)n2C)S(=O)(=O)c1ccccc1. The van der Waals surface area contributed by atoms with E-state index < -0.39 is 22.5 Å². The fraction of sp³-hybridized carbons (Fsp3) is 0.192. The van der Waals surface area contributed by atoms with Crippen molar-refractivity contribution in [1.82, 2.24) is 9.55 Å². The van der Waals surface area contributed by atoms with Crippen molar-refractivity contribution in [2.24, 2.45) is 12.8 Å². The molecule has 1 heterocycles. The predicted molar refractivity (Wildman–Crippen MR) is 140 cm³/mol. The van der Waals surface area contributed by atoms with Crippen LogP contribution in [0.5, 0.6) is 5.75 Å². The minimum absolute atomic E-state index is 0.0241. The maximum Gasteiger partial charge on any atom is 0.326 e. The molecule has 192 valence electrons. The van der Waals surface area contributed by atoms with E-state index in [0.717, 1.165) is 9.82 Å². The van der Waals surface area contributed by atoms with E-state index in [-0.39, 0.29) is 29.6 Å². The van der Waals surface area contributed by atoms with Crippen molar-refractivity contribution in [3.8, 4) is 5.75 Å². The standard InChI is InChI=1S/C26H27N5O5S/c1-3-35-25(32)16-31(37(33,34)21-7-5-4-6-8-21)19-11-14-23-22(15-19)29-24(30(23)2)17-36-20-12-9-18(10-13-20)26(27)28/h4-15H,3,16-17H2,1-2H3,(H3,27,28). The largest absolute Gasteiger partial charge is 0.486 e. The van der Waals surface area contributed by atoms with Crippen LogP contribution in [0.2, 0.25) is 0 Å². The fourth-order valence-corrected chi connectivity index (χ4v) is 5.18. The van der Waals surface area contributed by atoms with Crippen molar-refractivity contribution in [3.05, 3.63) is 84.2 Å². The molecule has 0 radical (unpaired) electrons. The normalized spacial score (nSPS) is 11.3. The molecule has 0 atom stereocenters. The highest BCUT2D eigenvalue weighted by Crippen LogP contribution is 2.28. The van der Waals surface area contributed by atoms with Gasteiger partial charge in [-0.2, -0.15) is 0 Å². The summed E-state index contributed by atoms with van der Waals surface area (Å²) >= 11 is 0. The second kappa shape index (κ2) is 10.7. The Morgan fingerprint density at radius 3 is 2.43 bits per heavy atom. The molecular formula is C26H27N5O5S. The summed E-state index contributed by atoms with van der Waals surface area (Å²) in [6.07, 6.45) is 0. The van der Waals surface area contributed by atoms with Crippen LogP contribution in [-0.4, -0.2) is 42.9 Å². The third kappa shape index (κ3) is 5.56. The molecule has 0 unspecified atom stereocenters. The average molecular weight is 522 g/mol. The Balaban J connectivity index is 1.64. The molecule has 4 rings (SSSR count). The van der Waals surface area contributed by atoms with Gasteiger partial charge >= 0.3 is 5.97 Å². The number of nitrogens with one attached hydrogen (secondary N) is 1. The van der Waals surface area contributed by atoms with Crippen LogP contribution in [0.15, 0.2) is 77.7 Å². The lowest BCUT2D eigenvalue weighted by molar-refractivity contribution is -0.141. The van der Waals surface area contributed by atoms with Gasteiger partial charge in [-0.3, -0.25) is 14.5 Å². The van der Waals surface area contributed by atoms with E-state index >= 15 is 0 Å². The molecule has 4 aromatic rings. The van der Waals surface area contributed by atoms with E-state index in [1.165, 1.54) is 12.1 Å². The zero-order valence-electron chi connectivity index (χ0n) is 20.4. The number of anilines is 1. The van der Waals surface area contributed by atoms with Crippen LogP contribution in [0.4, 0.5) is 5.69 Å². The molecule has 1 aromatic heterocycles. The van der Waals surface area contributed by atoms with Crippen LogP contribution >= 0.6 is 0 Å². The third-order valence-electron chi connectivity index (χ3n) is 5.69. The summed E-state index contributed by atoms with van der Waals surface area (Å²) in [5.41, 5.74) is 7.68. The Kier molecular flexibility index (Phi) is 7.44. The predicted octanol–water partition coefficient (Wildman–Crippen LogP) is 3.19. The number of aromatic nitrogens is 2. The van der Waals surface area contributed by atoms with Crippen molar-refractivity contribution in [2.75, 3.05) is 17.5 Å². The number of amidine groups is 1. The van der Waals surface area contributed by atoms with Crippen molar-refractivity contribution in [2.45, 2.75) is 18.4 Å². The smallest absolute Gasteiger partial charge is 0.326 e. The molecule has 0 aliphatic carbocycles. The summed E-state index contributed by atoms with van der Waals surface area (Å²) in [6, 6.07) is 19.8. The van der Waals surface area contributed by atoms with E-state index in [1.807, 2.05) is 11.6 Å². The molecule has 0 saturated heterocycles. The van der Waals surface area contributed by atoms with Gasteiger partial charge in [0.25, 0.3) is 10.0 Å². The Morgan fingerprint density at radius 2 is 1.78 bits per heavy atom. The molecule has 3 N–H and O–H groups in total. The third-order valence-corrected chi connectivity index (χ3v) is 7.48. The van der Waals surface area contributed by atoms with Gasteiger partial charge in [0.05, 0.1) is 28.2 Å². The number of rotatable bonds is 10. The van der Waals surface area contributed by atoms with Crippen LogP contribution in [0.25, 0.3) is 11.0 Å². The highest BCUT2D eigenvalue weighted by atomic mass is 32.2. The van der Waals surface area contributed by atoms with Crippen LogP contribution in [0, 0.1) is 5.41 Å². The van der Waals surface area contributed by atoms with Gasteiger partial charge in [0.2, 0.25) is 0 Å². The molecular weight excluding hydrogens is 494 g/mol. The molecule has 37 heavy (non-hydrogen) atoms. The van der Waals surface area contributed by atoms with Crippen LogP contribution in [-0.2, 0) is 33.2 Å². The van der Waals surface area contributed by atoms with Gasteiger partial charge in [-0.25, -0.2) is 13.4 Å². The molecule has 3 aromatic carbocycles. The first-order valence-electron chi connectivity index (χ1n) is 11.5. The lowest BCUT2D eigenvalue weighted by atomic mass is 10.2. The number of fused-ring (bicyclic) bond motifs is 1. The number of carbonyl (C=O) groups excluding carboxylic acids is 1. The van der Waals surface area contributed by atoms with E-state index in [2.05, 4.69) is 4.98 Å². The number of sulfonamides is 1. The number of benzene rings is 3. The number of nitrogens with zero attached hydrogens (tertiary/aromatic N) is 3. The summed E-state index contributed by atoms with van der Waals surface area (Å²) in [5, 5.41) is 7.48. The molecule has 0 aliphatic rings. The lowest BCUT2D eigenvalue weighted by Crippen LogP contribution is -2.36. The highest BCUT2D eigenvalue weighted by Gasteiger charge is 2.28. The van der Waals surface area contributed by atoms with Gasteiger partial charge in [-0.15, -0.1) is 0 Å². The van der Waals surface area contributed by atoms with Crippen molar-refractivity contribution >= 4 is 38.5 Å². The summed E-state index contributed by atoms with van der Waals surface area (Å²) in [6.45, 7) is 1.48. The molecule has 0 bridgehead atoms. The van der Waals surface area contributed by atoms with Gasteiger partial charge < -0.3 is 19.8 Å². The topological polar surface area (TPSA) is 141 Å². The second-order valence-corrected chi connectivity index (χ2v) is 9.98. The van der Waals surface area contributed by atoms with Crippen molar-refractivity contribution < 1.29 is 22.7 Å². The van der Waals surface area contributed by atoms with E-state index in [1.54, 1.807) is 67.6 Å². The first-order valence-corrected chi connectivity index (χ1v) is 12.9. The lowest BCUT2D eigenvalue weighted by Gasteiger charge is -2.23. The van der Waals surface area contributed by atoms with Crippen LogP contribution in [0.1, 0.15) is 18.3 Å². The van der Waals surface area contributed by atoms with Crippen LogP contribution < -0.4 is 14.8 Å². The number of esters is 1. The number of ether oxygens (including phenoxy) is 2. The van der Waals surface area contributed by atoms with Gasteiger partial charge in [-0.1, -0.05) is 18.2 Å². The fourth-order valence-electron chi connectivity index (χ4n) is 3.76. The van der Waals surface area contributed by atoms with Gasteiger partial charge in [0, 0.05) is 12.6 Å². The molecule has 10 nitrogen and oxygen atoms in total. The maximum atomic E-state index is 13.5. The molecule has 0 fully saturated rings. The minimum Gasteiger partial charge on any atom is -0.486 e. The Morgan fingerprint density at radius 1 is 1.08 bits per heavy atom. The van der Waals surface area contributed by atoms with Crippen molar-refractivity contribution in [3.63, 3.8) is 0 Å². The average Bonchev–Trinajstić information content (AvgIpc) is 3.21. The summed E-state index contributed by atoms with van der Waals surface area (Å²) in [5.74, 6) is 0.523. The molecule has 0 spiro atoms. The van der Waals surface area contributed by atoms with E-state index in [0.29, 0.717) is 22.7 Å². The Hall–Kier alpha value is -4.38. The number of carbonyl (C=O) groups is 1. The number of hydrogen-bond donors (Lipinski definition) is 2. The summed E-state index contributed by atoms with van der Waals surface area (Å²) in [7, 11) is -2.21. The Labute approximate surface area is 214 Å². The summed E-state index contributed by atoms with van der Waals surface area (Å²) in [4.78, 5) is 17.0. The minimum atomic E-state index is -4.05. The maximum absolute atomic E-state index is 13.5. The van der Waals surface area contributed by atoms with Gasteiger partial charge in [-0.05, 0) is 61.5 Å². The number of imidazole rings is 1. The second-order valence-electron chi connectivity index (χ2n) is 8.12. The zero-order valence-corrected chi connectivity index (χ0v) is 21.2. The monoisotopic (exact) mass is 521 g/mol. The first-order chi connectivity index (χ1) is 17.7. The quantitative estimate of drug-likeness (QED) is 0.185. The molecule has 0 saturated carbocycles. The number of aryl methyl sites for hydroxylation is 1. The first kappa shape index (κ1) is 25.7. The molecule has 0 amide bonds. The van der Waals surface area contributed by atoms with Gasteiger partial charge in [0.1, 0.15) is 30.6 Å². The number of hydrogen-bond acceptors (Lipinski definition) is 7. The van der Waals surface area contributed by atoms with Gasteiger partial charge in [0.15, 0.2) is 0 Å². The highest BCUT2D eigenvalue weighted by molar-refractivity contribution is 7.92. The number of nitrogens with two attached hydrogens (primary N) is 1. The Bertz CT molecular complexity index is 1530. The van der Waals surface area contributed by atoms with Crippen molar-refractivity contribution in [1.29, 1.82) is 5.41 Å². The summed E-state index contributed by atoms with van der Waals surface area (Å²) < 4.78 is 40.7. The zero-order chi connectivity index (χ0) is 26.6.